The Morgan fingerprint density at radius 3 is 2.83 bits per heavy atom. The summed E-state index contributed by atoms with van der Waals surface area (Å²) in [6, 6.07) is 0. The Balaban J connectivity index is 2.11. The zero-order valence-corrected chi connectivity index (χ0v) is 11.3. The summed E-state index contributed by atoms with van der Waals surface area (Å²) in [5.41, 5.74) is 7.96. The number of methoxy groups -OCH3 is 1. The Kier molecular flexibility index (Phi) is 3.07. The van der Waals surface area contributed by atoms with Crippen LogP contribution in [0, 0.1) is 0 Å². The molecular formula is C13H17N3OS. The maximum absolute atomic E-state index is 5.84. The van der Waals surface area contributed by atoms with Gasteiger partial charge in [0.05, 0.1) is 11.8 Å². The zero-order chi connectivity index (χ0) is 12.5. The Morgan fingerprint density at radius 2 is 2.11 bits per heavy atom. The normalized spacial score (nSPS) is 17.2. The van der Waals surface area contributed by atoms with Gasteiger partial charge in [-0.1, -0.05) is 30.6 Å². The lowest BCUT2D eigenvalue weighted by molar-refractivity contribution is 0.401. The molecule has 0 saturated heterocycles. The van der Waals surface area contributed by atoms with Crippen LogP contribution in [0.3, 0.4) is 0 Å². The molecule has 1 aliphatic carbocycles. The van der Waals surface area contributed by atoms with Gasteiger partial charge in [-0.3, -0.25) is 0 Å². The molecule has 0 aliphatic heterocycles. The SMILES string of the molecule is COc1ncc(C2CCCCC2)c2sc(N)nc12. The van der Waals surface area contributed by atoms with E-state index in [1.165, 1.54) is 37.7 Å². The third-order valence-corrected chi connectivity index (χ3v) is 4.60. The molecule has 0 spiro atoms. The molecule has 0 bridgehead atoms. The second-order valence-electron chi connectivity index (χ2n) is 4.79. The van der Waals surface area contributed by atoms with E-state index in [9.17, 15) is 0 Å². The summed E-state index contributed by atoms with van der Waals surface area (Å²) >= 11 is 1.55. The first-order valence-corrected chi connectivity index (χ1v) is 7.20. The number of pyridine rings is 1. The molecular weight excluding hydrogens is 246 g/mol. The van der Waals surface area contributed by atoms with Crippen LogP contribution >= 0.6 is 11.3 Å². The predicted molar refractivity (Wildman–Crippen MR) is 74.2 cm³/mol. The lowest BCUT2D eigenvalue weighted by Crippen LogP contribution is -2.05. The third kappa shape index (κ3) is 1.92. The molecule has 0 atom stereocenters. The summed E-state index contributed by atoms with van der Waals surface area (Å²) < 4.78 is 6.42. The molecule has 2 N–H and O–H groups in total. The zero-order valence-electron chi connectivity index (χ0n) is 10.5. The van der Waals surface area contributed by atoms with Gasteiger partial charge in [0.25, 0.3) is 0 Å². The van der Waals surface area contributed by atoms with E-state index in [-0.39, 0.29) is 0 Å². The highest BCUT2D eigenvalue weighted by Crippen LogP contribution is 2.40. The van der Waals surface area contributed by atoms with Crippen molar-refractivity contribution in [2.75, 3.05) is 12.8 Å². The van der Waals surface area contributed by atoms with Gasteiger partial charge in [0.2, 0.25) is 5.88 Å². The first-order chi connectivity index (χ1) is 8.79. The quantitative estimate of drug-likeness (QED) is 0.902. The van der Waals surface area contributed by atoms with Crippen molar-refractivity contribution < 1.29 is 4.74 Å². The predicted octanol–water partition coefficient (Wildman–Crippen LogP) is 3.33. The molecule has 0 unspecified atom stereocenters. The fourth-order valence-electron chi connectivity index (χ4n) is 2.78. The number of anilines is 1. The van der Waals surface area contributed by atoms with E-state index in [1.54, 1.807) is 18.4 Å². The molecule has 0 amide bonds. The Bertz CT molecular complexity index is 561. The molecule has 1 saturated carbocycles. The van der Waals surface area contributed by atoms with Crippen molar-refractivity contribution in [1.82, 2.24) is 9.97 Å². The maximum atomic E-state index is 5.84. The maximum Gasteiger partial charge on any atom is 0.241 e. The van der Waals surface area contributed by atoms with Gasteiger partial charge in [-0.05, 0) is 24.3 Å². The van der Waals surface area contributed by atoms with Gasteiger partial charge in [-0.25, -0.2) is 9.97 Å². The molecule has 3 rings (SSSR count). The lowest BCUT2D eigenvalue weighted by Gasteiger charge is -2.22. The minimum Gasteiger partial charge on any atom is -0.479 e. The van der Waals surface area contributed by atoms with Gasteiger partial charge in [-0.2, -0.15) is 0 Å². The van der Waals surface area contributed by atoms with Gasteiger partial charge in [0.1, 0.15) is 5.52 Å². The van der Waals surface area contributed by atoms with E-state index in [0.717, 1.165) is 10.2 Å². The van der Waals surface area contributed by atoms with Crippen molar-refractivity contribution in [2.24, 2.45) is 0 Å². The summed E-state index contributed by atoms with van der Waals surface area (Å²) in [6.45, 7) is 0. The first kappa shape index (κ1) is 11.7. The average molecular weight is 263 g/mol. The largest absolute Gasteiger partial charge is 0.479 e. The van der Waals surface area contributed by atoms with Crippen LogP contribution in [-0.4, -0.2) is 17.1 Å². The molecule has 1 fully saturated rings. The fraction of sp³-hybridized carbons (Fsp3) is 0.538. The summed E-state index contributed by atoms with van der Waals surface area (Å²) in [6.07, 6.45) is 8.43. The van der Waals surface area contributed by atoms with E-state index in [0.29, 0.717) is 16.9 Å². The highest BCUT2D eigenvalue weighted by molar-refractivity contribution is 7.22. The number of aromatic nitrogens is 2. The fourth-order valence-corrected chi connectivity index (χ4v) is 3.69. The third-order valence-electron chi connectivity index (χ3n) is 3.67. The number of nitrogen functional groups attached to an aromatic ring is 1. The van der Waals surface area contributed by atoms with Crippen LogP contribution in [0.2, 0.25) is 0 Å². The molecule has 0 aromatic carbocycles. The minimum atomic E-state index is 0.581. The Morgan fingerprint density at radius 1 is 1.33 bits per heavy atom. The molecule has 1 aliphatic rings. The first-order valence-electron chi connectivity index (χ1n) is 6.38. The van der Waals surface area contributed by atoms with Gasteiger partial charge in [0.15, 0.2) is 5.13 Å². The van der Waals surface area contributed by atoms with Crippen LogP contribution in [0.15, 0.2) is 6.20 Å². The lowest BCUT2D eigenvalue weighted by atomic mass is 9.85. The second kappa shape index (κ2) is 4.72. The molecule has 2 aromatic heterocycles. The molecule has 5 heteroatoms. The molecule has 2 heterocycles. The van der Waals surface area contributed by atoms with Gasteiger partial charge in [-0.15, -0.1) is 0 Å². The summed E-state index contributed by atoms with van der Waals surface area (Å²) in [5.74, 6) is 1.19. The number of rotatable bonds is 2. The highest BCUT2D eigenvalue weighted by Gasteiger charge is 2.21. The monoisotopic (exact) mass is 263 g/mol. The number of hydrogen-bond donors (Lipinski definition) is 1. The number of ether oxygens (including phenoxy) is 1. The number of nitrogens with zero attached hydrogens (tertiary/aromatic N) is 2. The van der Waals surface area contributed by atoms with E-state index in [4.69, 9.17) is 10.5 Å². The van der Waals surface area contributed by atoms with Gasteiger partial charge in [0, 0.05) is 6.20 Å². The summed E-state index contributed by atoms with van der Waals surface area (Å²) in [4.78, 5) is 8.73. The average Bonchev–Trinajstić information content (AvgIpc) is 2.80. The van der Waals surface area contributed by atoms with Crippen LogP contribution in [0.4, 0.5) is 5.13 Å². The smallest absolute Gasteiger partial charge is 0.241 e. The Hall–Kier alpha value is -1.36. The topological polar surface area (TPSA) is 61.0 Å². The second-order valence-corrected chi connectivity index (χ2v) is 5.82. The van der Waals surface area contributed by atoms with Gasteiger partial charge < -0.3 is 10.5 Å². The number of nitrogens with two attached hydrogens (primary N) is 1. The van der Waals surface area contributed by atoms with E-state index >= 15 is 0 Å². The van der Waals surface area contributed by atoms with Crippen LogP contribution in [0.5, 0.6) is 5.88 Å². The van der Waals surface area contributed by atoms with Crippen LogP contribution in [0.1, 0.15) is 43.6 Å². The summed E-state index contributed by atoms with van der Waals surface area (Å²) in [7, 11) is 1.62. The standard InChI is InChI=1S/C13H17N3OS/c1-17-12-10-11(18-13(14)16-10)9(7-15-12)8-5-3-2-4-6-8/h7-8H,2-6H2,1H3,(H2,14,16). The van der Waals surface area contributed by atoms with E-state index < -0.39 is 0 Å². The summed E-state index contributed by atoms with van der Waals surface area (Å²) in [5, 5.41) is 0.591. The Labute approximate surface area is 110 Å². The number of hydrogen-bond acceptors (Lipinski definition) is 5. The van der Waals surface area contributed by atoms with Crippen LogP contribution in [0.25, 0.3) is 10.2 Å². The van der Waals surface area contributed by atoms with Crippen molar-refractivity contribution in [2.45, 2.75) is 38.0 Å². The molecule has 4 nitrogen and oxygen atoms in total. The van der Waals surface area contributed by atoms with Crippen LogP contribution < -0.4 is 10.5 Å². The van der Waals surface area contributed by atoms with Crippen molar-refractivity contribution in [3.8, 4) is 5.88 Å². The molecule has 0 radical (unpaired) electrons. The van der Waals surface area contributed by atoms with E-state index in [1.807, 2.05) is 6.20 Å². The van der Waals surface area contributed by atoms with Crippen molar-refractivity contribution in [3.05, 3.63) is 11.8 Å². The molecule has 96 valence electrons. The van der Waals surface area contributed by atoms with E-state index in [2.05, 4.69) is 9.97 Å². The number of fused-ring (bicyclic) bond motifs is 1. The minimum absolute atomic E-state index is 0.581. The van der Waals surface area contributed by atoms with Crippen molar-refractivity contribution >= 4 is 26.7 Å². The molecule has 2 aromatic rings. The van der Waals surface area contributed by atoms with Gasteiger partial charge >= 0.3 is 0 Å². The van der Waals surface area contributed by atoms with Crippen molar-refractivity contribution in [1.29, 1.82) is 0 Å². The number of thiazole rings is 1. The van der Waals surface area contributed by atoms with Crippen LogP contribution in [-0.2, 0) is 0 Å². The van der Waals surface area contributed by atoms with Crippen molar-refractivity contribution in [3.63, 3.8) is 0 Å². The highest BCUT2D eigenvalue weighted by atomic mass is 32.1. The molecule has 18 heavy (non-hydrogen) atoms.